The second-order valence-electron chi connectivity index (χ2n) is 4.01. The maximum absolute atomic E-state index is 11.9. The molecule has 108 valence electrons. The van der Waals surface area contributed by atoms with Crippen molar-refractivity contribution < 1.29 is 19.4 Å². The van der Waals surface area contributed by atoms with E-state index in [-0.39, 0.29) is 11.3 Å². The quantitative estimate of drug-likeness (QED) is 0.869. The fraction of sp³-hybridized carbons (Fsp3) is 0.143. The first-order chi connectivity index (χ1) is 10.1. The molecule has 0 aromatic carbocycles. The lowest BCUT2D eigenvalue weighted by molar-refractivity contribution is 0.0696. The summed E-state index contributed by atoms with van der Waals surface area (Å²) >= 11 is 0. The van der Waals surface area contributed by atoms with Crippen molar-refractivity contribution in [3.05, 3.63) is 47.9 Å². The molecule has 0 saturated heterocycles. The summed E-state index contributed by atoms with van der Waals surface area (Å²) in [5.74, 6) is -1.07. The summed E-state index contributed by atoms with van der Waals surface area (Å²) in [7, 11) is 0. The number of rotatable bonds is 5. The van der Waals surface area contributed by atoms with Gasteiger partial charge in [0.2, 0.25) is 5.88 Å². The number of hydrogen-bond acceptors (Lipinski definition) is 5. The Hall–Kier alpha value is -2.96. The van der Waals surface area contributed by atoms with E-state index in [0.29, 0.717) is 18.2 Å². The number of anilines is 1. The highest BCUT2D eigenvalue weighted by molar-refractivity contribution is 6.03. The SMILES string of the molecule is CCOc1ccc(NC(=O)c2ccc(C(=O)O)cn2)cn1. The number of aromatic nitrogens is 2. The maximum Gasteiger partial charge on any atom is 0.337 e. The van der Waals surface area contributed by atoms with Crippen molar-refractivity contribution in [2.45, 2.75) is 6.92 Å². The monoisotopic (exact) mass is 287 g/mol. The Labute approximate surface area is 120 Å². The second kappa shape index (κ2) is 6.47. The Kier molecular flexibility index (Phi) is 4.45. The summed E-state index contributed by atoms with van der Waals surface area (Å²) in [6.45, 7) is 2.36. The number of aromatic carboxylic acids is 1. The minimum absolute atomic E-state index is 0.0225. The zero-order chi connectivity index (χ0) is 15.2. The molecule has 2 aromatic heterocycles. The number of amides is 1. The molecule has 2 aromatic rings. The van der Waals surface area contributed by atoms with Gasteiger partial charge in [-0.05, 0) is 25.1 Å². The van der Waals surface area contributed by atoms with Gasteiger partial charge in [-0.25, -0.2) is 9.78 Å². The van der Waals surface area contributed by atoms with Crippen molar-refractivity contribution in [3.8, 4) is 5.88 Å². The molecular weight excluding hydrogens is 274 g/mol. The highest BCUT2D eigenvalue weighted by Crippen LogP contribution is 2.12. The Bertz CT molecular complexity index is 638. The number of carbonyl (C=O) groups is 2. The predicted octanol–water partition coefficient (Wildman–Crippen LogP) is 1.83. The number of pyridine rings is 2. The van der Waals surface area contributed by atoms with Gasteiger partial charge in [-0.3, -0.25) is 9.78 Å². The third-order valence-electron chi connectivity index (χ3n) is 2.53. The van der Waals surface area contributed by atoms with Crippen LogP contribution >= 0.6 is 0 Å². The van der Waals surface area contributed by atoms with Crippen molar-refractivity contribution in [1.29, 1.82) is 0 Å². The van der Waals surface area contributed by atoms with Gasteiger partial charge in [0.25, 0.3) is 5.91 Å². The number of carboxylic acid groups (broad SMARTS) is 1. The number of nitrogens with zero attached hydrogens (tertiary/aromatic N) is 2. The maximum atomic E-state index is 11.9. The van der Waals surface area contributed by atoms with Crippen molar-refractivity contribution in [2.24, 2.45) is 0 Å². The van der Waals surface area contributed by atoms with Crippen LogP contribution in [0.15, 0.2) is 36.7 Å². The lowest BCUT2D eigenvalue weighted by Crippen LogP contribution is -2.14. The van der Waals surface area contributed by atoms with Crippen LogP contribution in [-0.4, -0.2) is 33.6 Å². The average molecular weight is 287 g/mol. The average Bonchev–Trinajstić information content (AvgIpc) is 2.49. The lowest BCUT2D eigenvalue weighted by Gasteiger charge is -2.06. The van der Waals surface area contributed by atoms with Gasteiger partial charge >= 0.3 is 5.97 Å². The Morgan fingerprint density at radius 2 is 2.00 bits per heavy atom. The first-order valence-corrected chi connectivity index (χ1v) is 6.19. The summed E-state index contributed by atoms with van der Waals surface area (Å²) in [6.07, 6.45) is 2.60. The number of hydrogen-bond donors (Lipinski definition) is 2. The number of carbonyl (C=O) groups excluding carboxylic acids is 1. The van der Waals surface area contributed by atoms with Crippen LogP contribution in [0.4, 0.5) is 5.69 Å². The summed E-state index contributed by atoms with van der Waals surface area (Å²) in [5.41, 5.74) is 0.635. The molecule has 0 fully saturated rings. The Morgan fingerprint density at radius 1 is 1.19 bits per heavy atom. The van der Waals surface area contributed by atoms with Gasteiger partial charge in [0.15, 0.2) is 0 Å². The minimum atomic E-state index is -1.09. The van der Waals surface area contributed by atoms with Crippen LogP contribution in [0.2, 0.25) is 0 Å². The summed E-state index contributed by atoms with van der Waals surface area (Å²) in [4.78, 5) is 30.4. The topological polar surface area (TPSA) is 101 Å². The molecule has 0 radical (unpaired) electrons. The molecule has 21 heavy (non-hydrogen) atoms. The van der Waals surface area contributed by atoms with E-state index < -0.39 is 11.9 Å². The lowest BCUT2D eigenvalue weighted by atomic mass is 10.2. The summed E-state index contributed by atoms with van der Waals surface area (Å²) in [5, 5.41) is 11.4. The van der Waals surface area contributed by atoms with Crippen LogP contribution in [0.25, 0.3) is 0 Å². The molecule has 2 heterocycles. The van der Waals surface area contributed by atoms with Crippen molar-refractivity contribution in [1.82, 2.24) is 9.97 Å². The van der Waals surface area contributed by atoms with Crippen molar-refractivity contribution in [2.75, 3.05) is 11.9 Å². The highest BCUT2D eigenvalue weighted by Gasteiger charge is 2.10. The molecule has 0 atom stereocenters. The number of nitrogens with one attached hydrogen (secondary N) is 1. The number of ether oxygens (including phenoxy) is 1. The largest absolute Gasteiger partial charge is 0.478 e. The minimum Gasteiger partial charge on any atom is -0.478 e. The van der Waals surface area contributed by atoms with E-state index in [1.165, 1.54) is 18.3 Å². The van der Waals surface area contributed by atoms with Crippen LogP contribution in [0, 0.1) is 0 Å². The molecule has 7 nitrogen and oxygen atoms in total. The molecule has 0 spiro atoms. The van der Waals surface area contributed by atoms with Gasteiger partial charge in [0, 0.05) is 12.3 Å². The van der Waals surface area contributed by atoms with Gasteiger partial charge in [0.1, 0.15) is 5.69 Å². The molecular formula is C14H13N3O4. The van der Waals surface area contributed by atoms with Crippen LogP contribution in [0.5, 0.6) is 5.88 Å². The van der Waals surface area contributed by atoms with Gasteiger partial charge < -0.3 is 15.2 Å². The zero-order valence-corrected chi connectivity index (χ0v) is 11.2. The molecule has 2 N–H and O–H groups in total. The van der Waals surface area contributed by atoms with E-state index in [1.807, 2.05) is 6.92 Å². The summed E-state index contributed by atoms with van der Waals surface area (Å²) in [6, 6.07) is 5.96. The van der Waals surface area contributed by atoms with E-state index >= 15 is 0 Å². The second-order valence-corrected chi connectivity index (χ2v) is 4.01. The van der Waals surface area contributed by atoms with Crippen LogP contribution in [-0.2, 0) is 0 Å². The molecule has 0 bridgehead atoms. The van der Waals surface area contributed by atoms with Crippen molar-refractivity contribution >= 4 is 17.6 Å². The fourth-order valence-corrected chi connectivity index (χ4v) is 1.54. The fourth-order valence-electron chi connectivity index (χ4n) is 1.54. The van der Waals surface area contributed by atoms with Crippen LogP contribution < -0.4 is 10.1 Å². The molecule has 7 heteroatoms. The van der Waals surface area contributed by atoms with E-state index in [4.69, 9.17) is 9.84 Å². The molecule has 0 aliphatic heterocycles. The van der Waals surface area contributed by atoms with Gasteiger partial charge in [-0.15, -0.1) is 0 Å². The van der Waals surface area contributed by atoms with Gasteiger partial charge in [-0.1, -0.05) is 0 Å². The number of carboxylic acids is 1. The predicted molar refractivity (Wildman–Crippen MR) is 74.6 cm³/mol. The van der Waals surface area contributed by atoms with Crippen molar-refractivity contribution in [3.63, 3.8) is 0 Å². The zero-order valence-electron chi connectivity index (χ0n) is 11.2. The molecule has 0 saturated carbocycles. The third kappa shape index (κ3) is 3.75. The standard InChI is InChI=1S/C14H13N3O4/c1-2-21-12-6-4-10(8-16-12)17-13(18)11-5-3-9(7-15-11)14(19)20/h3-8H,2H2,1H3,(H,17,18)(H,19,20). The molecule has 0 unspecified atom stereocenters. The first kappa shape index (κ1) is 14.4. The van der Waals surface area contributed by atoms with E-state index in [2.05, 4.69) is 15.3 Å². The van der Waals surface area contributed by atoms with Crippen LogP contribution in [0.1, 0.15) is 27.8 Å². The molecule has 0 aliphatic carbocycles. The normalized spacial score (nSPS) is 9.95. The molecule has 2 rings (SSSR count). The van der Waals surface area contributed by atoms with Gasteiger partial charge in [0.05, 0.1) is 24.1 Å². The van der Waals surface area contributed by atoms with Gasteiger partial charge in [-0.2, -0.15) is 0 Å². The smallest absolute Gasteiger partial charge is 0.337 e. The van der Waals surface area contributed by atoms with Crippen LogP contribution in [0.3, 0.4) is 0 Å². The van der Waals surface area contributed by atoms with E-state index in [1.54, 1.807) is 12.1 Å². The highest BCUT2D eigenvalue weighted by atomic mass is 16.5. The Balaban J connectivity index is 2.05. The van der Waals surface area contributed by atoms with E-state index in [0.717, 1.165) is 6.20 Å². The summed E-state index contributed by atoms with van der Waals surface area (Å²) < 4.78 is 5.19. The molecule has 1 amide bonds. The first-order valence-electron chi connectivity index (χ1n) is 6.19. The molecule has 0 aliphatic rings. The third-order valence-corrected chi connectivity index (χ3v) is 2.53. The Morgan fingerprint density at radius 3 is 2.52 bits per heavy atom. The van der Waals surface area contributed by atoms with E-state index in [9.17, 15) is 9.59 Å².